The van der Waals surface area contributed by atoms with Gasteiger partial charge < -0.3 is 4.42 Å². The summed E-state index contributed by atoms with van der Waals surface area (Å²) in [4.78, 5) is 4.78. The van der Waals surface area contributed by atoms with E-state index in [-0.39, 0.29) is 0 Å². The molecule has 3 heteroatoms. The molecule has 12 heavy (non-hydrogen) atoms. The van der Waals surface area contributed by atoms with Gasteiger partial charge in [-0.3, -0.25) is 0 Å². The molecule has 2 nitrogen and oxygen atoms in total. The molecular formula is C9H7NOS. The Labute approximate surface area is 75.7 Å². The normalized spacial score (nSPS) is 10.1. The van der Waals surface area contributed by atoms with Crippen molar-refractivity contribution in [2.75, 3.05) is 0 Å². The second-order valence-corrected chi connectivity index (χ2v) is 2.93. The van der Waals surface area contributed by atoms with E-state index in [0.717, 1.165) is 16.2 Å². The summed E-state index contributed by atoms with van der Waals surface area (Å²) in [5.41, 5.74) is 1.02. The maximum atomic E-state index is 5.12. The van der Waals surface area contributed by atoms with Crippen molar-refractivity contribution in [1.82, 2.24) is 4.98 Å². The van der Waals surface area contributed by atoms with E-state index in [1.807, 2.05) is 24.3 Å². The zero-order valence-corrected chi connectivity index (χ0v) is 7.16. The van der Waals surface area contributed by atoms with Crippen molar-refractivity contribution in [1.29, 1.82) is 0 Å². The summed E-state index contributed by atoms with van der Waals surface area (Å²) < 4.78 is 5.12. The minimum atomic E-state index is 0.781. The van der Waals surface area contributed by atoms with Gasteiger partial charge in [-0.25, -0.2) is 4.98 Å². The molecule has 0 fully saturated rings. The first-order chi connectivity index (χ1) is 5.86. The summed E-state index contributed by atoms with van der Waals surface area (Å²) >= 11 is 4.18. The second-order valence-electron chi connectivity index (χ2n) is 2.41. The van der Waals surface area contributed by atoms with Crippen molar-refractivity contribution in [3.63, 3.8) is 0 Å². The third kappa shape index (κ3) is 1.36. The van der Waals surface area contributed by atoms with Crippen molar-refractivity contribution < 1.29 is 4.42 Å². The Morgan fingerprint density at radius 1 is 1.17 bits per heavy atom. The third-order valence-corrected chi connectivity index (χ3v) is 1.88. The second kappa shape index (κ2) is 3.03. The van der Waals surface area contributed by atoms with E-state index in [9.17, 15) is 0 Å². The fourth-order valence-electron chi connectivity index (χ4n) is 0.984. The minimum Gasteiger partial charge on any atom is -0.444 e. The summed E-state index contributed by atoms with van der Waals surface area (Å²) in [7, 11) is 0. The molecular weight excluding hydrogens is 170 g/mol. The highest BCUT2D eigenvalue weighted by Gasteiger charge is 1.98. The lowest BCUT2D eigenvalue weighted by Crippen LogP contribution is -1.72. The van der Waals surface area contributed by atoms with Crippen molar-refractivity contribution >= 4 is 12.6 Å². The van der Waals surface area contributed by atoms with Crippen LogP contribution in [0, 0.1) is 0 Å². The van der Waals surface area contributed by atoms with E-state index < -0.39 is 0 Å². The number of aromatic nitrogens is 1. The van der Waals surface area contributed by atoms with Crippen molar-refractivity contribution in [2.45, 2.75) is 4.90 Å². The Bertz CT molecular complexity index is 353. The summed E-state index contributed by atoms with van der Waals surface area (Å²) in [5, 5.41) is 0. The molecule has 0 unspecified atom stereocenters. The molecule has 0 radical (unpaired) electrons. The molecule has 0 spiro atoms. The molecule has 1 aromatic heterocycles. The molecule has 0 bridgehead atoms. The number of hydrogen-bond acceptors (Lipinski definition) is 3. The molecule has 0 aliphatic carbocycles. The molecule has 0 aliphatic heterocycles. The molecule has 0 amide bonds. The summed E-state index contributed by atoms with van der Waals surface area (Å²) in [6.45, 7) is 0. The van der Waals surface area contributed by atoms with Gasteiger partial charge >= 0.3 is 0 Å². The fourth-order valence-corrected chi connectivity index (χ4v) is 1.13. The fraction of sp³-hybridized carbons (Fsp3) is 0. The largest absolute Gasteiger partial charge is 0.444 e. The van der Waals surface area contributed by atoms with Crippen LogP contribution < -0.4 is 0 Å². The van der Waals surface area contributed by atoms with E-state index in [1.54, 1.807) is 6.20 Å². The van der Waals surface area contributed by atoms with Gasteiger partial charge in [-0.05, 0) is 12.1 Å². The van der Waals surface area contributed by atoms with Gasteiger partial charge in [0.25, 0.3) is 0 Å². The SMILES string of the molecule is Sc1ccc(-c2cnco2)cc1. The van der Waals surface area contributed by atoms with Gasteiger partial charge in [0, 0.05) is 10.5 Å². The van der Waals surface area contributed by atoms with Crippen LogP contribution >= 0.6 is 12.6 Å². The maximum Gasteiger partial charge on any atom is 0.181 e. The lowest BCUT2D eigenvalue weighted by molar-refractivity contribution is 0.572. The van der Waals surface area contributed by atoms with Crippen molar-refractivity contribution in [3.8, 4) is 11.3 Å². The first-order valence-corrected chi connectivity index (χ1v) is 3.99. The van der Waals surface area contributed by atoms with Crippen LogP contribution in [0.5, 0.6) is 0 Å². The number of nitrogens with zero attached hydrogens (tertiary/aromatic N) is 1. The Balaban J connectivity index is 2.43. The summed E-state index contributed by atoms with van der Waals surface area (Å²) in [5.74, 6) is 0.781. The molecule has 60 valence electrons. The molecule has 1 aromatic carbocycles. The van der Waals surface area contributed by atoms with Gasteiger partial charge in [-0.1, -0.05) is 12.1 Å². The average Bonchev–Trinajstić information content (AvgIpc) is 2.58. The zero-order valence-electron chi connectivity index (χ0n) is 6.27. The third-order valence-electron chi connectivity index (χ3n) is 1.58. The van der Waals surface area contributed by atoms with E-state index >= 15 is 0 Å². The Morgan fingerprint density at radius 2 is 1.92 bits per heavy atom. The maximum absolute atomic E-state index is 5.12. The average molecular weight is 177 g/mol. The van der Waals surface area contributed by atoms with Crippen LogP contribution in [0.3, 0.4) is 0 Å². The standard InChI is InChI=1S/C9H7NOS/c12-8-3-1-7(2-4-8)9-5-10-6-11-9/h1-6,12H. The first-order valence-electron chi connectivity index (χ1n) is 3.54. The highest BCUT2D eigenvalue weighted by atomic mass is 32.1. The lowest BCUT2D eigenvalue weighted by Gasteiger charge is -1.94. The lowest BCUT2D eigenvalue weighted by atomic mass is 10.2. The van der Waals surface area contributed by atoms with Gasteiger partial charge in [0.15, 0.2) is 12.2 Å². The number of rotatable bonds is 1. The number of hydrogen-bond donors (Lipinski definition) is 1. The van der Waals surface area contributed by atoms with Gasteiger partial charge in [0.05, 0.1) is 6.20 Å². The highest BCUT2D eigenvalue weighted by molar-refractivity contribution is 7.80. The van der Waals surface area contributed by atoms with Crippen molar-refractivity contribution in [3.05, 3.63) is 36.9 Å². The van der Waals surface area contributed by atoms with Crippen LogP contribution in [-0.4, -0.2) is 4.98 Å². The van der Waals surface area contributed by atoms with Crippen LogP contribution in [0.2, 0.25) is 0 Å². The molecule has 0 atom stereocenters. The van der Waals surface area contributed by atoms with Crippen molar-refractivity contribution in [2.24, 2.45) is 0 Å². The van der Waals surface area contributed by atoms with Gasteiger partial charge in [0.2, 0.25) is 0 Å². The molecule has 0 saturated carbocycles. The molecule has 2 rings (SSSR count). The minimum absolute atomic E-state index is 0.781. The highest BCUT2D eigenvalue weighted by Crippen LogP contribution is 2.19. The molecule has 2 aromatic rings. The number of thiol groups is 1. The molecule has 0 aliphatic rings. The molecule has 0 N–H and O–H groups in total. The summed E-state index contributed by atoms with van der Waals surface area (Å²) in [6.07, 6.45) is 3.11. The van der Waals surface area contributed by atoms with Crippen LogP contribution in [0.1, 0.15) is 0 Å². The smallest absolute Gasteiger partial charge is 0.181 e. The number of benzene rings is 1. The first kappa shape index (κ1) is 7.43. The predicted molar refractivity (Wildman–Crippen MR) is 49.2 cm³/mol. The van der Waals surface area contributed by atoms with E-state index in [4.69, 9.17) is 4.42 Å². The van der Waals surface area contributed by atoms with Gasteiger partial charge in [0.1, 0.15) is 0 Å². The van der Waals surface area contributed by atoms with Crippen LogP contribution in [0.4, 0.5) is 0 Å². The Kier molecular flexibility index (Phi) is 1.87. The zero-order chi connectivity index (χ0) is 8.39. The number of oxazole rings is 1. The topological polar surface area (TPSA) is 26.0 Å². The predicted octanol–water partition coefficient (Wildman–Crippen LogP) is 2.63. The van der Waals surface area contributed by atoms with E-state index in [2.05, 4.69) is 17.6 Å². The summed E-state index contributed by atoms with van der Waals surface area (Å²) in [6, 6.07) is 7.73. The quantitative estimate of drug-likeness (QED) is 0.677. The van der Waals surface area contributed by atoms with E-state index in [0.29, 0.717) is 0 Å². The van der Waals surface area contributed by atoms with Crippen LogP contribution in [0.15, 0.2) is 46.2 Å². The van der Waals surface area contributed by atoms with Gasteiger partial charge in [-0.15, -0.1) is 12.6 Å². The van der Waals surface area contributed by atoms with Gasteiger partial charge in [-0.2, -0.15) is 0 Å². The molecule has 0 saturated heterocycles. The Morgan fingerprint density at radius 3 is 2.50 bits per heavy atom. The van der Waals surface area contributed by atoms with Crippen LogP contribution in [0.25, 0.3) is 11.3 Å². The monoisotopic (exact) mass is 177 g/mol. The Hall–Kier alpha value is -1.22. The van der Waals surface area contributed by atoms with Crippen LogP contribution in [-0.2, 0) is 0 Å². The van der Waals surface area contributed by atoms with E-state index in [1.165, 1.54) is 6.39 Å². The molecule has 1 heterocycles.